The van der Waals surface area contributed by atoms with E-state index in [0.29, 0.717) is 6.61 Å². The number of fused-ring (bicyclic) bond motifs is 3. The maximum Gasteiger partial charge on any atom is 0.410 e. The zero-order chi connectivity index (χ0) is 20.3. The normalized spacial score (nSPS) is 20.7. The lowest BCUT2D eigenvalue weighted by atomic mass is 9.83. The molecule has 0 spiro atoms. The van der Waals surface area contributed by atoms with E-state index in [9.17, 15) is 4.79 Å². The summed E-state index contributed by atoms with van der Waals surface area (Å²) < 4.78 is 5.66. The van der Waals surface area contributed by atoms with Gasteiger partial charge in [-0.25, -0.2) is 4.79 Å². The second-order valence-electron chi connectivity index (χ2n) is 8.49. The van der Waals surface area contributed by atoms with Gasteiger partial charge in [0.1, 0.15) is 6.61 Å². The molecule has 0 aliphatic carbocycles. The summed E-state index contributed by atoms with van der Waals surface area (Å²) in [6.45, 7) is 0.337. The lowest BCUT2D eigenvalue weighted by molar-refractivity contribution is 0.0481. The van der Waals surface area contributed by atoms with Gasteiger partial charge in [0.25, 0.3) is 0 Å². The van der Waals surface area contributed by atoms with Crippen LogP contribution in [0.15, 0.2) is 84.4 Å². The number of hydrogen-bond donors (Lipinski definition) is 0. The van der Waals surface area contributed by atoms with E-state index in [1.165, 1.54) is 28.3 Å². The molecule has 0 radical (unpaired) electrons. The maximum absolute atomic E-state index is 12.9. The molecule has 152 valence electrons. The van der Waals surface area contributed by atoms with E-state index in [2.05, 4.69) is 48.5 Å². The lowest BCUT2D eigenvalue weighted by Gasteiger charge is -2.44. The fourth-order valence-corrected chi connectivity index (χ4v) is 4.94. The average molecular weight is 398 g/mol. The van der Waals surface area contributed by atoms with E-state index in [0.717, 1.165) is 31.2 Å². The van der Waals surface area contributed by atoms with Gasteiger partial charge in [0.15, 0.2) is 0 Å². The van der Waals surface area contributed by atoms with E-state index >= 15 is 0 Å². The number of carbonyl (C=O) groups excluding carboxylic acids is 1. The third-order valence-electron chi connectivity index (χ3n) is 6.37. The van der Waals surface area contributed by atoms with Gasteiger partial charge >= 0.3 is 6.09 Å². The van der Waals surface area contributed by atoms with E-state index in [1.54, 1.807) is 0 Å². The summed E-state index contributed by atoms with van der Waals surface area (Å²) in [4.78, 5) is 14.9. The van der Waals surface area contributed by atoms with Crippen molar-refractivity contribution >= 4 is 16.9 Å². The third-order valence-corrected chi connectivity index (χ3v) is 6.37. The van der Waals surface area contributed by atoms with Crippen molar-refractivity contribution in [3.8, 4) is 0 Å². The zero-order valence-corrected chi connectivity index (χ0v) is 17.2. The van der Waals surface area contributed by atoms with Crippen LogP contribution in [-0.2, 0) is 17.8 Å². The third kappa shape index (κ3) is 3.97. The molecular weight excluding hydrogens is 370 g/mol. The first-order valence-electron chi connectivity index (χ1n) is 10.9. The quantitative estimate of drug-likeness (QED) is 0.485. The fourth-order valence-electron chi connectivity index (χ4n) is 4.94. The van der Waals surface area contributed by atoms with Crippen LogP contribution in [0.25, 0.3) is 10.8 Å². The molecule has 5 rings (SSSR count). The van der Waals surface area contributed by atoms with Gasteiger partial charge in [-0.2, -0.15) is 0 Å². The standard InChI is InChI=1S/C27H27NO2/c29-27(30-19-20-7-2-1-3-8-20)28-25-11-6-12-26(28)18-22(17-25)15-21-13-14-23-9-4-5-10-24(23)16-21/h1-5,7-10,13-14,16-17,25-26H,6,11-12,15,18-19H2. The summed E-state index contributed by atoms with van der Waals surface area (Å²) in [6.07, 6.45) is 7.33. The van der Waals surface area contributed by atoms with Crippen LogP contribution in [0.4, 0.5) is 4.79 Å². The molecule has 1 fully saturated rings. The van der Waals surface area contributed by atoms with Crippen LogP contribution in [0.1, 0.15) is 36.8 Å². The Kier molecular flexibility index (Phi) is 5.27. The first kappa shape index (κ1) is 18.9. The highest BCUT2D eigenvalue weighted by atomic mass is 16.6. The second-order valence-corrected chi connectivity index (χ2v) is 8.49. The molecule has 3 aromatic rings. The summed E-state index contributed by atoms with van der Waals surface area (Å²) in [5.41, 5.74) is 3.82. The van der Waals surface area contributed by atoms with Crippen LogP contribution in [0.5, 0.6) is 0 Å². The smallest absolute Gasteiger partial charge is 0.410 e. The molecule has 1 saturated heterocycles. The van der Waals surface area contributed by atoms with Crippen molar-refractivity contribution < 1.29 is 9.53 Å². The predicted octanol–water partition coefficient (Wildman–Crippen LogP) is 6.27. The molecule has 2 aliphatic heterocycles. The topological polar surface area (TPSA) is 29.5 Å². The molecule has 2 bridgehead atoms. The Labute approximate surface area is 178 Å². The molecule has 2 unspecified atom stereocenters. The molecule has 0 N–H and O–H groups in total. The average Bonchev–Trinajstić information content (AvgIpc) is 2.77. The number of hydrogen-bond acceptors (Lipinski definition) is 2. The van der Waals surface area contributed by atoms with Gasteiger partial charge in [0.05, 0.1) is 6.04 Å². The maximum atomic E-state index is 12.9. The van der Waals surface area contributed by atoms with Gasteiger partial charge in [0.2, 0.25) is 0 Å². The van der Waals surface area contributed by atoms with Gasteiger partial charge in [-0.3, -0.25) is 4.90 Å². The van der Waals surface area contributed by atoms with Crippen LogP contribution < -0.4 is 0 Å². The van der Waals surface area contributed by atoms with Crippen molar-refractivity contribution in [1.29, 1.82) is 0 Å². The van der Waals surface area contributed by atoms with E-state index in [-0.39, 0.29) is 18.2 Å². The monoisotopic (exact) mass is 397 g/mol. The molecule has 3 heteroatoms. The summed E-state index contributed by atoms with van der Waals surface area (Å²) >= 11 is 0. The van der Waals surface area contributed by atoms with Crippen molar-refractivity contribution in [3.05, 3.63) is 95.6 Å². The minimum Gasteiger partial charge on any atom is -0.445 e. The molecule has 3 aromatic carbocycles. The number of amides is 1. The Hall–Kier alpha value is -3.07. The van der Waals surface area contributed by atoms with Gasteiger partial charge < -0.3 is 4.74 Å². The summed E-state index contributed by atoms with van der Waals surface area (Å²) in [5, 5.41) is 2.57. The van der Waals surface area contributed by atoms with Crippen molar-refractivity contribution in [1.82, 2.24) is 4.90 Å². The fraction of sp³-hybridized carbons (Fsp3) is 0.296. The van der Waals surface area contributed by atoms with Crippen molar-refractivity contribution in [2.75, 3.05) is 0 Å². The number of ether oxygens (including phenoxy) is 1. The summed E-state index contributed by atoms with van der Waals surface area (Å²) in [5.74, 6) is 0. The molecule has 30 heavy (non-hydrogen) atoms. The Morgan fingerprint density at radius 3 is 2.53 bits per heavy atom. The van der Waals surface area contributed by atoms with Crippen LogP contribution in [0, 0.1) is 0 Å². The van der Waals surface area contributed by atoms with Gasteiger partial charge in [-0.05, 0) is 54.0 Å². The van der Waals surface area contributed by atoms with Gasteiger partial charge in [0, 0.05) is 6.04 Å². The highest BCUT2D eigenvalue weighted by molar-refractivity contribution is 5.83. The van der Waals surface area contributed by atoms with E-state index in [4.69, 9.17) is 4.74 Å². The predicted molar refractivity (Wildman–Crippen MR) is 120 cm³/mol. The molecule has 2 heterocycles. The number of benzene rings is 3. The minimum absolute atomic E-state index is 0.163. The summed E-state index contributed by atoms with van der Waals surface area (Å²) in [7, 11) is 0. The Bertz CT molecular complexity index is 1070. The van der Waals surface area contributed by atoms with Crippen molar-refractivity contribution in [2.45, 2.75) is 50.8 Å². The number of carbonyl (C=O) groups is 1. The SMILES string of the molecule is O=C(OCc1ccccc1)N1C2C=C(Cc3ccc4ccccc4c3)CC1CCC2. The second kappa shape index (κ2) is 8.35. The van der Waals surface area contributed by atoms with E-state index in [1.807, 2.05) is 35.2 Å². The zero-order valence-electron chi connectivity index (χ0n) is 17.2. The lowest BCUT2D eigenvalue weighted by Crippen LogP contribution is -2.52. The molecule has 0 aromatic heterocycles. The summed E-state index contributed by atoms with van der Waals surface area (Å²) in [6, 6.07) is 25.6. The number of piperidine rings is 1. The van der Waals surface area contributed by atoms with Crippen molar-refractivity contribution in [3.63, 3.8) is 0 Å². The molecule has 0 saturated carbocycles. The van der Waals surface area contributed by atoms with Crippen LogP contribution in [0.3, 0.4) is 0 Å². The van der Waals surface area contributed by atoms with Gasteiger partial charge in [-0.1, -0.05) is 84.4 Å². The first-order chi connectivity index (χ1) is 14.8. The van der Waals surface area contributed by atoms with E-state index < -0.39 is 0 Å². The molecular formula is C27H27NO2. The van der Waals surface area contributed by atoms with Crippen LogP contribution in [0.2, 0.25) is 0 Å². The van der Waals surface area contributed by atoms with Crippen LogP contribution in [-0.4, -0.2) is 23.1 Å². The molecule has 2 atom stereocenters. The Balaban J connectivity index is 1.29. The number of nitrogens with zero attached hydrogens (tertiary/aromatic N) is 1. The Morgan fingerprint density at radius 2 is 1.70 bits per heavy atom. The number of rotatable bonds is 4. The minimum atomic E-state index is -0.172. The van der Waals surface area contributed by atoms with Crippen LogP contribution >= 0.6 is 0 Å². The Morgan fingerprint density at radius 1 is 0.900 bits per heavy atom. The first-order valence-corrected chi connectivity index (χ1v) is 10.9. The highest BCUT2D eigenvalue weighted by Crippen LogP contribution is 2.35. The molecule has 3 nitrogen and oxygen atoms in total. The highest BCUT2D eigenvalue weighted by Gasteiger charge is 2.37. The molecule has 2 aliphatic rings. The largest absolute Gasteiger partial charge is 0.445 e. The van der Waals surface area contributed by atoms with Crippen molar-refractivity contribution in [2.24, 2.45) is 0 Å². The molecule has 1 amide bonds. The van der Waals surface area contributed by atoms with Gasteiger partial charge in [-0.15, -0.1) is 0 Å².